The number of aliphatic hydroxyl groups is 1. The second kappa shape index (κ2) is 12.3. The number of rotatable bonds is 7. The molecule has 1 aromatic carbocycles. The van der Waals surface area contributed by atoms with Crippen LogP contribution in [0.5, 0.6) is 0 Å². The molecule has 5 heterocycles. The van der Waals surface area contributed by atoms with E-state index in [9.17, 15) is 5.11 Å². The Kier molecular flexibility index (Phi) is 8.41. The first-order chi connectivity index (χ1) is 21.8. The molecule has 6 rings (SSSR count). The number of nitrogens with one attached hydrogen (secondary N) is 2. The summed E-state index contributed by atoms with van der Waals surface area (Å²) < 4.78 is 0. The van der Waals surface area contributed by atoms with Crippen molar-refractivity contribution in [2.75, 3.05) is 6.61 Å². The molecule has 5 nitrogen and oxygen atoms in total. The number of aryl methyl sites for hydroxylation is 4. The van der Waals surface area contributed by atoms with E-state index in [1.54, 1.807) is 0 Å². The monoisotopic (exact) mass is 598 g/mol. The third-order valence-electron chi connectivity index (χ3n) is 10.0. The Bertz CT molecular complexity index is 2040. The molecular formula is C40H46N4O. The van der Waals surface area contributed by atoms with Crippen LogP contribution in [0.2, 0.25) is 0 Å². The number of aliphatic hydroxyl groups excluding tert-OH is 1. The molecule has 3 aromatic heterocycles. The van der Waals surface area contributed by atoms with Gasteiger partial charge in [0.1, 0.15) is 0 Å². The van der Waals surface area contributed by atoms with Gasteiger partial charge in [0.15, 0.2) is 0 Å². The van der Waals surface area contributed by atoms with Crippen LogP contribution in [0.4, 0.5) is 0 Å². The summed E-state index contributed by atoms with van der Waals surface area (Å²) in [4.78, 5) is 18.5. The zero-order valence-corrected chi connectivity index (χ0v) is 28.1. The normalized spacial score (nSPS) is 13.4. The largest absolute Gasteiger partial charge is 0.396 e. The highest BCUT2D eigenvalue weighted by Crippen LogP contribution is 2.42. The molecule has 0 radical (unpaired) electrons. The number of H-pyrrole nitrogens is 2. The van der Waals surface area contributed by atoms with E-state index in [1.807, 2.05) is 0 Å². The van der Waals surface area contributed by atoms with Gasteiger partial charge < -0.3 is 15.1 Å². The van der Waals surface area contributed by atoms with E-state index in [-0.39, 0.29) is 6.61 Å². The van der Waals surface area contributed by atoms with E-state index in [0.717, 1.165) is 87.2 Å². The first-order valence-corrected chi connectivity index (χ1v) is 16.6. The topological polar surface area (TPSA) is 77.6 Å². The van der Waals surface area contributed by atoms with Gasteiger partial charge in [0.05, 0.1) is 28.3 Å². The van der Waals surface area contributed by atoms with Crippen LogP contribution < -0.4 is 0 Å². The molecule has 5 heteroatoms. The molecule has 0 aliphatic carbocycles. The average Bonchev–Trinajstić information content (AvgIpc) is 3.73. The number of hydrogen-bond donors (Lipinski definition) is 3. The van der Waals surface area contributed by atoms with Crippen LogP contribution in [0.25, 0.3) is 55.5 Å². The van der Waals surface area contributed by atoms with Crippen molar-refractivity contribution >= 4 is 44.4 Å². The predicted octanol–water partition coefficient (Wildman–Crippen LogP) is 9.94. The van der Waals surface area contributed by atoms with Gasteiger partial charge in [0, 0.05) is 34.3 Å². The second-order valence-electron chi connectivity index (χ2n) is 12.3. The van der Waals surface area contributed by atoms with Crippen molar-refractivity contribution in [3.8, 4) is 11.1 Å². The van der Waals surface area contributed by atoms with Gasteiger partial charge in [-0.25, -0.2) is 9.97 Å². The lowest BCUT2D eigenvalue weighted by Crippen LogP contribution is -1.99. The van der Waals surface area contributed by atoms with Crippen molar-refractivity contribution in [2.45, 2.75) is 87.5 Å². The van der Waals surface area contributed by atoms with Crippen LogP contribution in [-0.4, -0.2) is 31.6 Å². The molecule has 8 bridgehead atoms. The molecule has 232 valence electrons. The standard InChI is InChI=1S/C40H46N4O/c1-9-27-22(5)32-20-34-24(7)29(11-3)39(43-34)36(26-16-14-13-15-17-26)40-30(12-4)25(8)35(44-40)21-33-23(6)28(10-2)38(42-33)31(18-19-45)37(27)41-32/h13-17,20-21,41,43,45H,9-12,18-19H2,1-8H3. The summed E-state index contributed by atoms with van der Waals surface area (Å²) in [5.41, 5.74) is 21.8. The van der Waals surface area contributed by atoms with Crippen LogP contribution in [0.15, 0.2) is 42.5 Å². The minimum Gasteiger partial charge on any atom is -0.396 e. The summed E-state index contributed by atoms with van der Waals surface area (Å²) in [6.07, 6.45) is 4.08. The van der Waals surface area contributed by atoms with Gasteiger partial charge in [0.25, 0.3) is 0 Å². The lowest BCUT2D eigenvalue weighted by Gasteiger charge is -2.10. The van der Waals surface area contributed by atoms with Crippen LogP contribution in [0.3, 0.4) is 0 Å². The van der Waals surface area contributed by atoms with Crippen molar-refractivity contribution < 1.29 is 5.11 Å². The maximum atomic E-state index is 10.3. The number of benzene rings is 1. The highest BCUT2D eigenvalue weighted by molar-refractivity contribution is 6.01. The lowest BCUT2D eigenvalue weighted by molar-refractivity contribution is 0.300. The summed E-state index contributed by atoms with van der Waals surface area (Å²) in [6, 6.07) is 15.2. The maximum absolute atomic E-state index is 10.3. The van der Waals surface area contributed by atoms with Crippen molar-refractivity contribution in [3.63, 3.8) is 0 Å². The average molecular weight is 599 g/mol. The summed E-state index contributed by atoms with van der Waals surface area (Å²) in [6.45, 7) is 17.8. The van der Waals surface area contributed by atoms with Gasteiger partial charge in [-0.15, -0.1) is 0 Å². The molecule has 2 aliphatic rings. The molecule has 4 aromatic rings. The molecule has 0 amide bonds. The van der Waals surface area contributed by atoms with Gasteiger partial charge in [0.2, 0.25) is 0 Å². The Morgan fingerprint density at radius 2 is 1.16 bits per heavy atom. The highest BCUT2D eigenvalue weighted by Gasteiger charge is 2.25. The summed E-state index contributed by atoms with van der Waals surface area (Å²) >= 11 is 0. The molecule has 45 heavy (non-hydrogen) atoms. The quantitative estimate of drug-likeness (QED) is 0.198. The third-order valence-corrected chi connectivity index (χ3v) is 10.0. The fourth-order valence-corrected chi connectivity index (χ4v) is 7.51. The summed E-state index contributed by atoms with van der Waals surface area (Å²) in [5, 5.41) is 10.3. The third kappa shape index (κ3) is 4.98. The lowest BCUT2D eigenvalue weighted by atomic mass is 9.94. The Hall–Kier alpha value is -4.22. The van der Waals surface area contributed by atoms with E-state index in [1.165, 1.54) is 44.5 Å². The van der Waals surface area contributed by atoms with Crippen molar-refractivity contribution in [1.29, 1.82) is 0 Å². The van der Waals surface area contributed by atoms with Crippen molar-refractivity contribution in [1.82, 2.24) is 19.9 Å². The fourth-order valence-electron chi connectivity index (χ4n) is 7.51. The SMILES string of the molecule is CCC1=C(C)c2cc3nc(c(-c4ccccc4)c4[nH]c(cc5[nH]c(c(CCO)c1n2)c(CC)c5C)c(C)c4CC)C(CC)=C3C. The fraction of sp³-hybridized carbons (Fsp3) is 0.350. The van der Waals surface area contributed by atoms with E-state index in [0.29, 0.717) is 6.42 Å². The van der Waals surface area contributed by atoms with Crippen LogP contribution >= 0.6 is 0 Å². The molecule has 0 unspecified atom stereocenters. The van der Waals surface area contributed by atoms with Gasteiger partial charge in [-0.05, 0) is 122 Å². The Morgan fingerprint density at radius 1 is 0.622 bits per heavy atom. The second-order valence-corrected chi connectivity index (χ2v) is 12.3. The number of nitrogens with zero attached hydrogens (tertiary/aromatic N) is 2. The van der Waals surface area contributed by atoms with E-state index >= 15 is 0 Å². The number of allylic oxidation sites excluding steroid dienone is 4. The first kappa shape index (κ1) is 30.8. The van der Waals surface area contributed by atoms with Gasteiger partial charge in [-0.1, -0.05) is 58.0 Å². The minimum atomic E-state index is 0.0630. The number of fused-ring (bicyclic) bond motifs is 8. The van der Waals surface area contributed by atoms with Gasteiger partial charge in [-0.2, -0.15) is 0 Å². The Labute approximate surface area is 267 Å². The molecule has 0 spiro atoms. The van der Waals surface area contributed by atoms with E-state index in [2.05, 4.69) is 108 Å². The summed E-state index contributed by atoms with van der Waals surface area (Å²) in [5.74, 6) is 0. The Balaban J connectivity index is 1.92. The van der Waals surface area contributed by atoms with Crippen molar-refractivity contribution in [2.24, 2.45) is 0 Å². The van der Waals surface area contributed by atoms with Crippen molar-refractivity contribution in [3.05, 3.63) is 93.1 Å². The van der Waals surface area contributed by atoms with Crippen LogP contribution in [0.1, 0.15) is 105 Å². The molecule has 0 fully saturated rings. The molecule has 0 saturated heterocycles. The maximum Gasteiger partial charge on any atom is 0.0771 e. The number of aromatic nitrogens is 4. The molecule has 0 saturated carbocycles. The Morgan fingerprint density at radius 3 is 1.71 bits per heavy atom. The highest BCUT2D eigenvalue weighted by atomic mass is 16.3. The zero-order valence-electron chi connectivity index (χ0n) is 28.1. The van der Waals surface area contributed by atoms with Gasteiger partial charge >= 0.3 is 0 Å². The van der Waals surface area contributed by atoms with Crippen LogP contribution in [0, 0.1) is 13.8 Å². The van der Waals surface area contributed by atoms with E-state index in [4.69, 9.17) is 9.97 Å². The molecule has 2 aliphatic heterocycles. The smallest absolute Gasteiger partial charge is 0.0771 e. The number of aromatic amines is 2. The molecule has 0 atom stereocenters. The molecular weight excluding hydrogens is 552 g/mol. The predicted molar refractivity (Wildman–Crippen MR) is 191 cm³/mol. The number of hydrogen-bond acceptors (Lipinski definition) is 3. The van der Waals surface area contributed by atoms with E-state index < -0.39 is 0 Å². The molecule has 3 N–H and O–H groups in total. The van der Waals surface area contributed by atoms with Gasteiger partial charge in [-0.3, -0.25) is 0 Å². The minimum absolute atomic E-state index is 0.0630. The van der Waals surface area contributed by atoms with Crippen LogP contribution in [-0.2, 0) is 19.3 Å². The zero-order chi connectivity index (χ0) is 32.0. The summed E-state index contributed by atoms with van der Waals surface area (Å²) in [7, 11) is 0. The first-order valence-electron chi connectivity index (χ1n) is 16.6.